The number of carbonyl (C=O) groups is 2. The number of hydrogen-bond donors (Lipinski definition) is 1. The van der Waals surface area contributed by atoms with Crippen LogP contribution >= 0.6 is 0 Å². The molecule has 0 aliphatic carbocycles. The van der Waals surface area contributed by atoms with Crippen molar-refractivity contribution in [2.75, 3.05) is 0 Å². The molecule has 0 saturated heterocycles. The van der Waals surface area contributed by atoms with Crippen LogP contribution in [0.4, 0.5) is 9.59 Å². The Balaban J connectivity index is 2.35. The number of hydroxylamine groups is 1. The predicted octanol–water partition coefficient (Wildman–Crippen LogP) is 1.31. The van der Waals surface area contributed by atoms with Crippen molar-refractivity contribution in [1.29, 1.82) is 0 Å². The lowest BCUT2D eigenvalue weighted by Crippen LogP contribution is -2.34. The second-order valence-electron chi connectivity index (χ2n) is 3.94. The van der Waals surface area contributed by atoms with Crippen molar-refractivity contribution >= 4 is 12.2 Å². The zero-order chi connectivity index (χ0) is 12.2. The van der Waals surface area contributed by atoms with Crippen molar-refractivity contribution in [3.63, 3.8) is 0 Å². The Morgan fingerprint density at radius 2 is 2.06 bits per heavy atom. The molecule has 0 atom stereocenters. The molecule has 0 radical (unpaired) electrons. The molecule has 0 bridgehead atoms. The molecular formula is C9H13N3O4. The van der Waals surface area contributed by atoms with Gasteiger partial charge in [-0.3, -0.25) is 0 Å². The van der Waals surface area contributed by atoms with Crippen LogP contribution in [0.1, 0.15) is 20.8 Å². The largest absolute Gasteiger partial charge is 0.443 e. The van der Waals surface area contributed by atoms with E-state index in [1.807, 2.05) is 5.48 Å². The van der Waals surface area contributed by atoms with Crippen LogP contribution in [0.5, 0.6) is 0 Å². The fraction of sp³-hybridized carbons (Fsp3) is 0.444. The van der Waals surface area contributed by atoms with Gasteiger partial charge in [0.15, 0.2) is 0 Å². The average molecular weight is 227 g/mol. The minimum Gasteiger partial charge on any atom is -0.442 e. The van der Waals surface area contributed by atoms with Gasteiger partial charge in [0, 0.05) is 12.4 Å². The molecule has 1 N–H and O–H groups in total. The number of nitrogens with one attached hydrogen (secondary N) is 1. The van der Waals surface area contributed by atoms with Gasteiger partial charge in [0.1, 0.15) is 11.9 Å². The fourth-order valence-electron chi connectivity index (χ4n) is 0.804. The Morgan fingerprint density at radius 3 is 2.56 bits per heavy atom. The van der Waals surface area contributed by atoms with Gasteiger partial charge < -0.3 is 9.57 Å². The fourth-order valence-corrected chi connectivity index (χ4v) is 0.804. The van der Waals surface area contributed by atoms with Gasteiger partial charge in [0.05, 0.1) is 0 Å². The van der Waals surface area contributed by atoms with Crippen molar-refractivity contribution < 1.29 is 19.2 Å². The lowest BCUT2D eigenvalue weighted by atomic mass is 10.2. The third kappa shape index (κ3) is 3.99. The zero-order valence-electron chi connectivity index (χ0n) is 9.26. The van der Waals surface area contributed by atoms with Crippen LogP contribution in [0.25, 0.3) is 0 Å². The molecule has 0 unspecified atom stereocenters. The SMILES string of the molecule is CC(C)(C)OC(=O)NOC(=O)n1ccnc1. The first kappa shape index (κ1) is 12.0. The van der Waals surface area contributed by atoms with Crippen molar-refractivity contribution in [3.8, 4) is 0 Å². The minimum absolute atomic E-state index is 0.647. The van der Waals surface area contributed by atoms with E-state index in [0.717, 1.165) is 4.57 Å². The molecular weight excluding hydrogens is 214 g/mol. The van der Waals surface area contributed by atoms with Crippen molar-refractivity contribution in [2.45, 2.75) is 26.4 Å². The van der Waals surface area contributed by atoms with Crippen molar-refractivity contribution in [1.82, 2.24) is 15.0 Å². The Labute approximate surface area is 92.3 Å². The summed E-state index contributed by atoms with van der Waals surface area (Å²) in [6.07, 6.45) is 2.44. The molecule has 1 heterocycles. The zero-order valence-corrected chi connectivity index (χ0v) is 9.26. The van der Waals surface area contributed by atoms with Crippen LogP contribution < -0.4 is 5.48 Å². The molecule has 1 rings (SSSR count). The summed E-state index contributed by atoms with van der Waals surface area (Å²) in [4.78, 5) is 30.4. The molecule has 7 heteroatoms. The quantitative estimate of drug-likeness (QED) is 0.675. The number of amides is 1. The van der Waals surface area contributed by atoms with Crippen LogP contribution in [0.3, 0.4) is 0 Å². The molecule has 0 fully saturated rings. The van der Waals surface area contributed by atoms with Gasteiger partial charge in [-0.05, 0) is 20.8 Å². The van der Waals surface area contributed by atoms with E-state index in [1.165, 1.54) is 18.7 Å². The summed E-state index contributed by atoms with van der Waals surface area (Å²) in [5.41, 5.74) is 1.22. The van der Waals surface area contributed by atoms with E-state index >= 15 is 0 Å². The number of carbonyl (C=O) groups excluding carboxylic acids is 2. The lowest BCUT2D eigenvalue weighted by Gasteiger charge is -2.19. The molecule has 1 aromatic rings. The summed E-state index contributed by atoms with van der Waals surface area (Å²) in [7, 11) is 0. The molecule has 88 valence electrons. The predicted molar refractivity (Wildman–Crippen MR) is 53.5 cm³/mol. The van der Waals surface area contributed by atoms with E-state index in [0.29, 0.717) is 0 Å². The first-order valence-electron chi connectivity index (χ1n) is 4.56. The highest BCUT2D eigenvalue weighted by molar-refractivity contribution is 5.73. The summed E-state index contributed by atoms with van der Waals surface area (Å²) in [6, 6.07) is 0. The van der Waals surface area contributed by atoms with E-state index in [9.17, 15) is 9.59 Å². The third-order valence-corrected chi connectivity index (χ3v) is 1.34. The van der Waals surface area contributed by atoms with E-state index < -0.39 is 17.8 Å². The highest BCUT2D eigenvalue weighted by Crippen LogP contribution is 2.06. The molecule has 0 aliphatic rings. The molecule has 1 amide bonds. The Bertz CT molecular complexity index is 367. The maximum atomic E-state index is 11.2. The Morgan fingerprint density at radius 1 is 1.38 bits per heavy atom. The molecule has 1 aromatic heterocycles. The van der Waals surface area contributed by atoms with Gasteiger partial charge in [0.2, 0.25) is 0 Å². The van der Waals surface area contributed by atoms with E-state index in [4.69, 9.17) is 4.74 Å². The standard InChI is InChI=1S/C9H13N3O4/c1-9(2,3)15-7(13)11-16-8(14)12-5-4-10-6-12/h4-6H,1-3H3,(H,11,13). The van der Waals surface area contributed by atoms with Crippen molar-refractivity contribution in [3.05, 3.63) is 18.7 Å². The molecule has 7 nitrogen and oxygen atoms in total. The molecule has 0 spiro atoms. The number of hydrogen-bond acceptors (Lipinski definition) is 5. The lowest BCUT2D eigenvalue weighted by molar-refractivity contribution is 0.0150. The first-order valence-corrected chi connectivity index (χ1v) is 4.56. The summed E-state index contributed by atoms with van der Waals surface area (Å²) in [6.45, 7) is 5.10. The van der Waals surface area contributed by atoms with E-state index in [-0.39, 0.29) is 0 Å². The smallest absolute Gasteiger partial charge is 0.442 e. The number of imidazole rings is 1. The van der Waals surface area contributed by atoms with Crippen LogP contribution in [0, 0.1) is 0 Å². The van der Waals surface area contributed by atoms with E-state index in [1.54, 1.807) is 20.8 Å². The van der Waals surface area contributed by atoms with Crippen LogP contribution in [-0.4, -0.2) is 27.3 Å². The van der Waals surface area contributed by atoms with E-state index in [2.05, 4.69) is 9.82 Å². The van der Waals surface area contributed by atoms with Gasteiger partial charge in [-0.25, -0.2) is 19.1 Å². The topological polar surface area (TPSA) is 82.5 Å². The maximum absolute atomic E-state index is 11.2. The molecule has 0 aromatic carbocycles. The summed E-state index contributed by atoms with van der Waals surface area (Å²) in [5.74, 6) is 0. The monoisotopic (exact) mass is 227 g/mol. The Kier molecular flexibility index (Phi) is 3.49. The highest BCUT2D eigenvalue weighted by atomic mass is 16.7. The number of rotatable bonds is 0. The minimum atomic E-state index is -0.832. The van der Waals surface area contributed by atoms with Gasteiger partial charge in [-0.1, -0.05) is 0 Å². The van der Waals surface area contributed by atoms with Crippen LogP contribution in [-0.2, 0) is 9.57 Å². The highest BCUT2D eigenvalue weighted by Gasteiger charge is 2.17. The van der Waals surface area contributed by atoms with Gasteiger partial charge in [-0.2, -0.15) is 0 Å². The first-order chi connectivity index (χ1) is 7.38. The normalized spacial score (nSPS) is 10.7. The maximum Gasteiger partial charge on any atom is 0.443 e. The second-order valence-corrected chi connectivity index (χ2v) is 3.94. The Hall–Kier alpha value is -2.05. The van der Waals surface area contributed by atoms with Crippen LogP contribution in [0.15, 0.2) is 18.7 Å². The average Bonchev–Trinajstić information content (AvgIpc) is 2.64. The molecule has 16 heavy (non-hydrogen) atoms. The van der Waals surface area contributed by atoms with Gasteiger partial charge in [0.25, 0.3) is 0 Å². The van der Waals surface area contributed by atoms with Crippen LogP contribution in [0.2, 0.25) is 0 Å². The summed E-state index contributed by atoms with van der Waals surface area (Å²) in [5, 5.41) is 0. The second kappa shape index (κ2) is 4.65. The number of aromatic nitrogens is 2. The summed E-state index contributed by atoms with van der Waals surface area (Å²) < 4.78 is 5.92. The third-order valence-electron chi connectivity index (χ3n) is 1.34. The number of ether oxygens (including phenoxy) is 1. The van der Waals surface area contributed by atoms with Gasteiger partial charge >= 0.3 is 12.2 Å². The molecule has 0 aliphatic heterocycles. The van der Waals surface area contributed by atoms with Gasteiger partial charge in [-0.15, -0.1) is 5.48 Å². The van der Waals surface area contributed by atoms with Crippen molar-refractivity contribution in [2.24, 2.45) is 0 Å². The number of nitrogens with zero attached hydrogens (tertiary/aromatic N) is 2. The molecule has 0 saturated carbocycles. The summed E-state index contributed by atoms with van der Waals surface area (Å²) >= 11 is 0.